The molecule has 1 rings (SSSR count). The Balaban J connectivity index is 3.05. The standard InChI is InChI=1S/C8H12N4O/c1-5-4-6(9-2)11-12-7(5)8(13)10-3/h4H,1-3H3,(H,9,11)(H,10,13). The Morgan fingerprint density at radius 1 is 1.38 bits per heavy atom. The lowest BCUT2D eigenvalue weighted by molar-refractivity contribution is 0.0956. The quantitative estimate of drug-likeness (QED) is 0.681. The summed E-state index contributed by atoms with van der Waals surface area (Å²) in [4.78, 5) is 11.2. The summed E-state index contributed by atoms with van der Waals surface area (Å²) in [5.41, 5.74) is 1.17. The van der Waals surface area contributed by atoms with Gasteiger partial charge in [-0.3, -0.25) is 4.79 Å². The molecule has 0 aliphatic rings. The van der Waals surface area contributed by atoms with E-state index in [4.69, 9.17) is 0 Å². The number of carbonyl (C=O) groups is 1. The summed E-state index contributed by atoms with van der Waals surface area (Å²) in [7, 11) is 3.32. The van der Waals surface area contributed by atoms with Crippen molar-refractivity contribution in [1.29, 1.82) is 0 Å². The molecule has 0 aliphatic heterocycles. The van der Waals surface area contributed by atoms with Crippen LogP contribution in [0.1, 0.15) is 16.1 Å². The zero-order valence-corrected chi connectivity index (χ0v) is 7.88. The lowest BCUT2D eigenvalue weighted by atomic mass is 10.2. The van der Waals surface area contributed by atoms with E-state index in [1.54, 1.807) is 20.2 Å². The molecule has 0 bridgehead atoms. The summed E-state index contributed by atoms with van der Waals surface area (Å²) < 4.78 is 0. The highest BCUT2D eigenvalue weighted by Crippen LogP contribution is 2.07. The van der Waals surface area contributed by atoms with Crippen LogP contribution in [0.25, 0.3) is 0 Å². The van der Waals surface area contributed by atoms with E-state index in [0.717, 1.165) is 5.56 Å². The number of carbonyl (C=O) groups excluding carboxylic acids is 1. The normalized spacial score (nSPS) is 9.46. The molecule has 1 aromatic heterocycles. The van der Waals surface area contributed by atoms with Gasteiger partial charge in [0.1, 0.15) is 5.82 Å². The third-order valence-electron chi connectivity index (χ3n) is 1.68. The molecule has 0 aromatic carbocycles. The first-order valence-electron chi connectivity index (χ1n) is 3.93. The number of rotatable bonds is 2. The van der Waals surface area contributed by atoms with E-state index in [0.29, 0.717) is 11.5 Å². The van der Waals surface area contributed by atoms with Gasteiger partial charge in [0.2, 0.25) is 0 Å². The largest absolute Gasteiger partial charge is 0.372 e. The summed E-state index contributed by atoms with van der Waals surface area (Å²) in [6, 6.07) is 1.78. The van der Waals surface area contributed by atoms with Crippen LogP contribution in [-0.4, -0.2) is 30.2 Å². The van der Waals surface area contributed by atoms with Crippen LogP contribution >= 0.6 is 0 Å². The van der Waals surface area contributed by atoms with E-state index in [1.807, 2.05) is 6.92 Å². The third kappa shape index (κ3) is 1.93. The second-order valence-electron chi connectivity index (χ2n) is 2.59. The highest BCUT2D eigenvalue weighted by molar-refractivity contribution is 5.93. The highest BCUT2D eigenvalue weighted by Gasteiger charge is 2.09. The van der Waals surface area contributed by atoms with Crippen molar-refractivity contribution in [1.82, 2.24) is 15.5 Å². The lowest BCUT2D eigenvalue weighted by Gasteiger charge is -2.03. The first-order chi connectivity index (χ1) is 6.19. The van der Waals surface area contributed by atoms with E-state index in [-0.39, 0.29) is 5.91 Å². The highest BCUT2D eigenvalue weighted by atomic mass is 16.1. The zero-order chi connectivity index (χ0) is 9.84. The maximum atomic E-state index is 11.2. The van der Waals surface area contributed by atoms with Gasteiger partial charge in [-0.05, 0) is 18.6 Å². The Hall–Kier alpha value is -1.65. The van der Waals surface area contributed by atoms with Gasteiger partial charge in [-0.2, -0.15) is 0 Å². The molecule has 70 valence electrons. The van der Waals surface area contributed by atoms with Gasteiger partial charge < -0.3 is 10.6 Å². The molecule has 5 heteroatoms. The van der Waals surface area contributed by atoms with Crippen molar-refractivity contribution in [2.75, 3.05) is 19.4 Å². The smallest absolute Gasteiger partial charge is 0.271 e. The Bertz CT molecular complexity index is 324. The molecule has 1 amide bonds. The molecule has 0 aliphatic carbocycles. The van der Waals surface area contributed by atoms with Gasteiger partial charge in [0.25, 0.3) is 5.91 Å². The van der Waals surface area contributed by atoms with E-state index in [9.17, 15) is 4.79 Å². The average molecular weight is 180 g/mol. The minimum atomic E-state index is -0.215. The van der Waals surface area contributed by atoms with Crippen LogP contribution in [-0.2, 0) is 0 Å². The summed E-state index contributed by atoms with van der Waals surface area (Å²) in [6.45, 7) is 1.82. The van der Waals surface area contributed by atoms with Gasteiger partial charge in [0, 0.05) is 14.1 Å². The molecule has 2 N–H and O–H groups in total. The van der Waals surface area contributed by atoms with Crippen molar-refractivity contribution in [2.24, 2.45) is 0 Å². The third-order valence-corrected chi connectivity index (χ3v) is 1.68. The first kappa shape index (κ1) is 9.44. The molecule has 0 radical (unpaired) electrons. The number of nitrogens with one attached hydrogen (secondary N) is 2. The van der Waals surface area contributed by atoms with E-state index in [2.05, 4.69) is 20.8 Å². The summed E-state index contributed by atoms with van der Waals surface area (Å²) in [5, 5.41) is 12.9. The zero-order valence-electron chi connectivity index (χ0n) is 7.88. The van der Waals surface area contributed by atoms with Crippen LogP contribution in [0.4, 0.5) is 5.82 Å². The van der Waals surface area contributed by atoms with Crippen LogP contribution in [0.15, 0.2) is 6.07 Å². The fourth-order valence-electron chi connectivity index (χ4n) is 0.950. The van der Waals surface area contributed by atoms with Gasteiger partial charge in [-0.15, -0.1) is 10.2 Å². The van der Waals surface area contributed by atoms with Gasteiger partial charge in [-0.1, -0.05) is 0 Å². The van der Waals surface area contributed by atoms with Crippen LogP contribution < -0.4 is 10.6 Å². The molecule has 0 saturated carbocycles. The molecule has 0 spiro atoms. The molecular formula is C8H12N4O. The number of anilines is 1. The molecule has 5 nitrogen and oxygen atoms in total. The Morgan fingerprint density at radius 2 is 2.08 bits per heavy atom. The number of amides is 1. The Morgan fingerprint density at radius 3 is 2.54 bits per heavy atom. The monoisotopic (exact) mass is 180 g/mol. The summed E-state index contributed by atoms with van der Waals surface area (Å²) in [6.07, 6.45) is 0. The van der Waals surface area contributed by atoms with Crippen molar-refractivity contribution in [3.63, 3.8) is 0 Å². The van der Waals surface area contributed by atoms with Crippen LogP contribution in [0.5, 0.6) is 0 Å². The van der Waals surface area contributed by atoms with Gasteiger partial charge in [0.05, 0.1) is 0 Å². The van der Waals surface area contributed by atoms with Crippen LogP contribution in [0.3, 0.4) is 0 Å². The van der Waals surface area contributed by atoms with Gasteiger partial charge in [0.15, 0.2) is 5.69 Å². The molecule has 13 heavy (non-hydrogen) atoms. The molecule has 1 heterocycles. The minimum Gasteiger partial charge on any atom is -0.372 e. The van der Waals surface area contributed by atoms with E-state index >= 15 is 0 Å². The predicted octanol–water partition coefficient (Wildman–Crippen LogP) is 0.186. The summed E-state index contributed by atoms with van der Waals surface area (Å²) in [5.74, 6) is 0.442. The number of aryl methyl sites for hydroxylation is 1. The topological polar surface area (TPSA) is 66.9 Å². The fraction of sp³-hybridized carbons (Fsp3) is 0.375. The Labute approximate surface area is 76.6 Å². The molecule has 0 atom stereocenters. The number of nitrogens with zero attached hydrogens (tertiary/aromatic N) is 2. The maximum absolute atomic E-state index is 11.2. The minimum absolute atomic E-state index is 0.215. The molecule has 0 unspecified atom stereocenters. The molecular weight excluding hydrogens is 168 g/mol. The predicted molar refractivity (Wildman–Crippen MR) is 49.7 cm³/mol. The van der Waals surface area contributed by atoms with E-state index < -0.39 is 0 Å². The SMILES string of the molecule is CNC(=O)c1nnc(NC)cc1C. The van der Waals surface area contributed by atoms with Crippen molar-refractivity contribution in [3.05, 3.63) is 17.3 Å². The number of aromatic nitrogens is 2. The van der Waals surface area contributed by atoms with Gasteiger partial charge in [-0.25, -0.2) is 0 Å². The number of hydrogen-bond acceptors (Lipinski definition) is 4. The summed E-state index contributed by atoms with van der Waals surface area (Å²) >= 11 is 0. The van der Waals surface area contributed by atoms with E-state index in [1.165, 1.54) is 0 Å². The fourth-order valence-corrected chi connectivity index (χ4v) is 0.950. The maximum Gasteiger partial charge on any atom is 0.271 e. The molecule has 1 aromatic rings. The van der Waals surface area contributed by atoms with Crippen LogP contribution in [0, 0.1) is 6.92 Å². The first-order valence-corrected chi connectivity index (χ1v) is 3.93. The second kappa shape index (κ2) is 3.84. The van der Waals surface area contributed by atoms with Crippen molar-refractivity contribution < 1.29 is 4.79 Å². The Kier molecular flexibility index (Phi) is 2.79. The molecule has 0 saturated heterocycles. The van der Waals surface area contributed by atoms with Crippen molar-refractivity contribution in [3.8, 4) is 0 Å². The van der Waals surface area contributed by atoms with Gasteiger partial charge >= 0.3 is 0 Å². The molecule has 0 fully saturated rings. The van der Waals surface area contributed by atoms with Crippen LogP contribution in [0.2, 0.25) is 0 Å². The van der Waals surface area contributed by atoms with Crippen molar-refractivity contribution >= 4 is 11.7 Å². The van der Waals surface area contributed by atoms with Crippen molar-refractivity contribution in [2.45, 2.75) is 6.92 Å². The number of hydrogen-bond donors (Lipinski definition) is 2. The average Bonchev–Trinajstić information content (AvgIpc) is 2.16. The lowest BCUT2D eigenvalue weighted by Crippen LogP contribution is -2.21. The second-order valence-corrected chi connectivity index (χ2v) is 2.59.